The fourth-order valence-corrected chi connectivity index (χ4v) is 5.43. The van der Waals surface area contributed by atoms with Gasteiger partial charge in [0, 0.05) is 24.8 Å². The van der Waals surface area contributed by atoms with Crippen LogP contribution in [0.5, 0.6) is 0 Å². The van der Waals surface area contributed by atoms with E-state index >= 15 is 0 Å². The van der Waals surface area contributed by atoms with Gasteiger partial charge in [-0.15, -0.1) is 4.40 Å². The third kappa shape index (κ3) is 4.51. The van der Waals surface area contributed by atoms with Crippen LogP contribution in [0.25, 0.3) is 0 Å². The number of rotatable bonds is 6. The molecule has 9 nitrogen and oxygen atoms in total. The summed E-state index contributed by atoms with van der Waals surface area (Å²) >= 11 is 0. The average Bonchev–Trinajstić information content (AvgIpc) is 3.31. The SMILES string of the molecule is CN(CC(=O)Nc1cccc(CN2CCCC2C(N)=O)c1)C1=NS(=O)(=O)c2ccccc21. The smallest absolute Gasteiger partial charge is 0.285 e. The van der Waals surface area contributed by atoms with Gasteiger partial charge in [0.2, 0.25) is 11.8 Å². The highest BCUT2D eigenvalue weighted by Crippen LogP contribution is 2.27. The number of anilines is 1. The molecule has 168 valence electrons. The predicted molar refractivity (Wildman–Crippen MR) is 120 cm³/mol. The standard InChI is InChI=1S/C22H25N5O4S/c1-26(22-17-8-2-3-10-19(17)32(30,31)25-22)14-20(28)24-16-7-4-6-15(12-16)13-27-11-5-9-18(27)21(23)29/h2-4,6-8,10,12,18H,5,9,11,13-14H2,1H3,(H2,23,29)(H,24,28). The average molecular weight is 456 g/mol. The molecule has 3 N–H and O–H groups in total. The summed E-state index contributed by atoms with van der Waals surface area (Å²) in [5.74, 6) is -0.366. The van der Waals surface area contributed by atoms with Gasteiger partial charge in [-0.3, -0.25) is 14.5 Å². The molecule has 0 spiro atoms. The van der Waals surface area contributed by atoms with E-state index < -0.39 is 10.0 Å². The molecule has 1 saturated heterocycles. The molecule has 2 aliphatic rings. The minimum atomic E-state index is -3.75. The van der Waals surface area contributed by atoms with Gasteiger partial charge in [-0.2, -0.15) is 8.42 Å². The van der Waals surface area contributed by atoms with Crippen LogP contribution in [0.2, 0.25) is 0 Å². The van der Waals surface area contributed by atoms with Gasteiger partial charge >= 0.3 is 0 Å². The third-order valence-electron chi connectivity index (χ3n) is 5.64. The van der Waals surface area contributed by atoms with Crippen molar-refractivity contribution in [2.75, 3.05) is 25.5 Å². The number of amidine groups is 1. The zero-order valence-electron chi connectivity index (χ0n) is 17.7. The lowest BCUT2D eigenvalue weighted by Gasteiger charge is -2.22. The Bertz CT molecular complexity index is 1190. The second-order valence-electron chi connectivity index (χ2n) is 8.02. The molecular weight excluding hydrogens is 430 g/mol. The van der Waals surface area contributed by atoms with Crippen LogP contribution in [-0.4, -0.2) is 62.0 Å². The van der Waals surface area contributed by atoms with Crippen molar-refractivity contribution in [2.45, 2.75) is 30.3 Å². The van der Waals surface area contributed by atoms with Crippen molar-refractivity contribution in [2.24, 2.45) is 10.1 Å². The van der Waals surface area contributed by atoms with Crippen molar-refractivity contribution in [1.82, 2.24) is 9.80 Å². The molecule has 0 aliphatic carbocycles. The number of carbonyl (C=O) groups excluding carboxylic acids is 2. The number of primary amides is 1. The van der Waals surface area contributed by atoms with Crippen LogP contribution in [0.1, 0.15) is 24.0 Å². The molecule has 1 fully saturated rings. The monoisotopic (exact) mass is 455 g/mol. The fraction of sp³-hybridized carbons (Fsp3) is 0.318. The van der Waals surface area contributed by atoms with Crippen LogP contribution in [0, 0.1) is 0 Å². The molecule has 0 bridgehead atoms. The number of hydrogen-bond acceptors (Lipinski definition) is 6. The number of nitrogens with zero attached hydrogens (tertiary/aromatic N) is 3. The van der Waals surface area contributed by atoms with Crippen LogP contribution >= 0.6 is 0 Å². The topological polar surface area (TPSA) is 125 Å². The number of nitrogens with one attached hydrogen (secondary N) is 1. The van der Waals surface area contributed by atoms with E-state index in [0.717, 1.165) is 24.9 Å². The highest BCUT2D eigenvalue weighted by Gasteiger charge is 2.31. The zero-order valence-corrected chi connectivity index (χ0v) is 18.5. The van der Waals surface area contributed by atoms with E-state index in [4.69, 9.17) is 5.73 Å². The molecule has 32 heavy (non-hydrogen) atoms. The molecular formula is C22H25N5O4S. The summed E-state index contributed by atoms with van der Waals surface area (Å²) in [6.07, 6.45) is 1.69. The van der Waals surface area contributed by atoms with Gasteiger partial charge in [0.15, 0.2) is 5.84 Å². The lowest BCUT2D eigenvalue weighted by molar-refractivity contribution is -0.122. The quantitative estimate of drug-likeness (QED) is 0.673. The minimum absolute atomic E-state index is 0.0667. The Morgan fingerprint density at radius 2 is 2.00 bits per heavy atom. The largest absolute Gasteiger partial charge is 0.368 e. The first-order chi connectivity index (χ1) is 15.2. The first kappa shape index (κ1) is 22.0. The molecule has 2 amide bonds. The molecule has 2 aliphatic heterocycles. The normalized spacial score (nSPS) is 19.3. The van der Waals surface area contributed by atoms with Crippen LogP contribution in [0.3, 0.4) is 0 Å². The minimum Gasteiger partial charge on any atom is -0.368 e. The second-order valence-corrected chi connectivity index (χ2v) is 9.59. The number of carbonyl (C=O) groups is 2. The number of likely N-dealkylation sites (N-methyl/N-ethyl adjacent to an activating group) is 1. The summed E-state index contributed by atoms with van der Waals surface area (Å²) in [5, 5.41) is 2.85. The van der Waals surface area contributed by atoms with Crippen LogP contribution < -0.4 is 11.1 Å². The lowest BCUT2D eigenvalue weighted by atomic mass is 10.1. The van der Waals surface area contributed by atoms with Gasteiger partial charge in [0.1, 0.15) is 4.90 Å². The number of fused-ring (bicyclic) bond motifs is 1. The molecule has 10 heteroatoms. The summed E-state index contributed by atoms with van der Waals surface area (Å²) in [6.45, 7) is 1.31. The Balaban J connectivity index is 1.41. The number of benzene rings is 2. The van der Waals surface area contributed by atoms with Gasteiger partial charge in [-0.1, -0.05) is 24.3 Å². The van der Waals surface area contributed by atoms with E-state index in [1.54, 1.807) is 31.3 Å². The van der Waals surface area contributed by atoms with Gasteiger partial charge in [0.25, 0.3) is 10.0 Å². The maximum absolute atomic E-state index is 12.6. The summed E-state index contributed by atoms with van der Waals surface area (Å²) in [4.78, 5) is 27.9. The first-order valence-electron chi connectivity index (χ1n) is 10.3. The van der Waals surface area contributed by atoms with Crippen molar-refractivity contribution in [1.29, 1.82) is 0 Å². The Morgan fingerprint density at radius 3 is 2.78 bits per heavy atom. The van der Waals surface area contributed by atoms with Gasteiger partial charge in [0.05, 0.1) is 12.6 Å². The third-order valence-corrected chi connectivity index (χ3v) is 6.97. The zero-order chi connectivity index (χ0) is 22.9. The molecule has 2 heterocycles. The number of amides is 2. The molecule has 1 unspecified atom stereocenters. The molecule has 0 saturated carbocycles. The Labute approximate surface area is 187 Å². The highest BCUT2D eigenvalue weighted by atomic mass is 32.2. The highest BCUT2D eigenvalue weighted by molar-refractivity contribution is 7.90. The Kier molecular flexibility index (Phi) is 5.98. The summed E-state index contributed by atoms with van der Waals surface area (Å²) in [6, 6.07) is 13.7. The predicted octanol–water partition coefficient (Wildman–Crippen LogP) is 1.16. The molecule has 4 rings (SSSR count). The lowest BCUT2D eigenvalue weighted by Crippen LogP contribution is -2.39. The van der Waals surface area contributed by atoms with Crippen LogP contribution in [0.15, 0.2) is 57.8 Å². The molecule has 1 atom stereocenters. The number of nitrogens with two attached hydrogens (primary N) is 1. The summed E-state index contributed by atoms with van der Waals surface area (Å²) in [7, 11) is -2.12. The number of sulfonamides is 1. The van der Waals surface area contributed by atoms with E-state index in [1.807, 2.05) is 23.1 Å². The van der Waals surface area contributed by atoms with Crippen LogP contribution in [0.4, 0.5) is 5.69 Å². The van der Waals surface area contributed by atoms with Crippen molar-refractivity contribution in [3.63, 3.8) is 0 Å². The van der Waals surface area contributed by atoms with Gasteiger partial charge < -0.3 is 16.0 Å². The van der Waals surface area contributed by atoms with Crippen molar-refractivity contribution in [3.05, 3.63) is 59.7 Å². The molecule has 2 aromatic rings. The fourth-order valence-electron chi connectivity index (χ4n) is 4.17. The molecule has 0 radical (unpaired) electrons. The summed E-state index contributed by atoms with van der Waals surface area (Å²) < 4.78 is 28.3. The van der Waals surface area contributed by atoms with E-state index in [-0.39, 0.29) is 35.1 Å². The van der Waals surface area contributed by atoms with E-state index in [1.165, 1.54) is 11.0 Å². The van der Waals surface area contributed by atoms with Crippen molar-refractivity contribution < 1.29 is 18.0 Å². The van der Waals surface area contributed by atoms with E-state index in [9.17, 15) is 18.0 Å². The molecule has 0 aromatic heterocycles. The number of hydrogen-bond donors (Lipinski definition) is 2. The van der Waals surface area contributed by atoms with Crippen molar-refractivity contribution in [3.8, 4) is 0 Å². The van der Waals surface area contributed by atoms with E-state index in [0.29, 0.717) is 17.8 Å². The maximum Gasteiger partial charge on any atom is 0.285 e. The molecule has 2 aromatic carbocycles. The second kappa shape index (κ2) is 8.71. The Morgan fingerprint density at radius 1 is 1.22 bits per heavy atom. The summed E-state index contributed by atoms with van der Waals surface area (Å²) in [5.41, 5.74) is 7.56. The first-order valence-corrected chi connectivity index (χ1v) is 11.8. The van der Waals surface area contributed by atoms with Crippen LogP contribution in [-0.2, 0) is 26.2 Å². The maximum atomic E-state index is 12.6. The number of likely N-dealkylation sites (tertiary alicyclic amines) is 1. The van der Waals surface area contributed by atoms with Gasteiger partial charge in [-0.25, -0.2) is 0 Å². The Hall–Kier alpha value is -3.24. The van der Waals surface area contributed by atoms with Crippen molar-refractivity contribution >= 4 is 33.4 Å². The van der Waals surface area contributed by atoms with E-state index in [2.05, 4.69) is 9.71 Å². The van der Waals surface area contributed by atoms with Gasteiger partial charge in [-0.05, 0) is 49.2 Å².